The zero-order valence-corrected chi connectivity index (χ0v) is 35.4. The number of hydrogen-bond acceptors (Lipinski definition) is 8. The SMILES string of the molecule is Cc1nc2ccccc2c2c1O[C@]1(CC2)C[C@H]2C(=O)N[C@@]3(I)C(C(=O)NS(=O)(=O)C4(C)CC4)[C@H]3/C=C\CCCCC[C@H](NC(=O)N(C)c3ccccc3)C(=O)N2C1. The molecule has 1 saturated heterocycles. The quantitative estimate of drug-likeness (QED) is 0.132. The number of carbonyl (C=O) groups excluding carboxylic acids is 4. The number of amides is 5. The van der Waals surface area contributed by atoms with Gasteiger partial charge in [0.2, 0.25) is 27.7 Å². The maximum atomic E-state index is 14.9. The lowest BCUT2D eigenvalue weighted by molar-refractivity contribution is -0.140. The number of halogens is 1. The Hall–Kier alpha value is -4.25. The van der Waals surface area contributed by atoms with E-state index in [1.165, 1.54) is 4.90 Å². The molecule has 13 nitrogen and oxygen atoms in total. The van der Waals surface area contributed by atoms with Crippen molar-refractivity contribution in [2.75, 3.05) is 18.5 Å². The third-order valence-electron chi connectivity index (χ3n) is 12.6. The minimum absolute atomic E-state index is 0.106. The van der Waals surface area contributed by atoms with E-state index < -0.39 is 65.7 Å². The Bertz CT molecular complexity index is 2270. The number of aryl methyl sites for hydroxylation is 2. The number of ether oxygens (including phenoxy) is 1. The molecule has 2 saturated carbocycles. The number of nitrogens with one attached hydrogen (secondary N) is 3. The van der Waals surface area contributed by atoms with Gasteiger partial charge in [0, 0.05) is 36.0 Å². The van der Waals surface area contributed by atoms with Crippen molar-refractivity contribution in [1.29, 1.82) is 0 Å². The average Bonchev–Trinajstić information content (AvgIpc) is 4.04. The standard InChI is InChI=1S/C42H49IN6O7S/c1-26-35-29(28-16-12-13-18-31(28)44-26)20-21-41(56-35)24-33-36(50)46-42(43)30(34(42)37(51)47-57(54,55)40(2)22-23-40)17-10-5-4-6-11-19-32(38(52)49(33)25-41)45-39(53)48(3)27-14-8-7-9-15-27/h7-10,12-18,30,32-34H,4-6,11,19-25H2,1-3H3,(H,45,53)(H,46,50)(H,47,51)/b17-10-/t30-,32+,33+,34?,41-,42-/m1/s1. The number of sulfonamides is 1. The van der Waals surface area contributed by atoms with Crippen LogP contribution in [0.4, 0.5) is 10.5 Å². The van der Waals surface area contributed by atoms with E-state index in [2.05, 4.69) is 37.9 Å². The van der Waals surface area contributed by atoms with Gasteiger partial charge in [0.25, 0.3) is 0 Å². The van der Waals surface area contributed by atoms with E-state index >= 15 is 0 Å². The fourth-order valence-corrected chi connectivity index (χ4v) is 11.4. The summed E-state index contributed by atoms with van der Waals surface area (Å²) in [6.07, 6.45) is 9.52. The molecule has 302 valence electrons. The second kappa shape index (κ2) is 14.8. The highest BCUT2D eigenvalue weighted by atomic mass is 127. The smallest absolute Gasteiger partial charge is 0.322 e. The van der Waals surface area contributed by atoms with Gasteiger partial charge in [-0.2, -0.15) is 0 Å². The summed E-state index contributed by atoms with van der Waals surface area (Å²) in [5.41, 5.74) is 2.38. The van der Waals surface area contributed by atoms with E-state index in [0.717, 1.165) is 35.0 Å². The zero-order chi connectivity index (χ0) is 40.3. The van der Waals surface area contributed by atoms with Crippen LogP contribution in [0.15, 0.2) is 66.7 Å². The van der Waals surface area contributed by atoms with Gasteiger partial charge in [-0.05, 0) is 77.0 Å². The number of urea groups is 1. The van der Waals surface area contributed by atoms with E-state index in [4.69, 9.17) is 9.72 Å². The van der Waals surface area contributed by atoms with E-state index in [1.54, 1.807) is 18.9 Å². The first-order valence-electron chi connectivity index (χ1n) is 19.9. The first-order valence-corrected chi connectivity index (χ1v) is 22.4. The highest BCUT2D eigenvalue weighted by molar-refractivity contribution is 14.1. The third-order valence-corrected chi connectivity index (χ3v) is 16.5. The molecule has 0 bridgehead atoms. The van der Waals surface area contributed by atoms with Crippen LogP contribution in [0.1, 0.15) is 76.0 Å². The molecule has 1 aromatic heterocycles. The van der Waals surface area contributed by atoms with Gasteiger partial charge in [-0.25, -0.2) is 18.2 Å². The lowest BCUT2D eigenvalue weighted by Crippen LogP contribution is -2.56. The number of anilines is 1. The summed E-state index contributed by atoms with van der Waals surface area (Å²) in [5.74, 6) is -2.16. The Balaban J connectivity index is 1.12. The van der Waals surface area contributed by atoms with Crippen LogP contribution in [0.25, 0.3) is 10.9 Å². The molecule has 0 radical (unpaired) electrons. The lowest BCUT2D eigenvalue weighted by atomic mass is 9.87. The summed E-state index contributed by atoms with van der Waals surface area (Å²) in [4.78, 5) is 64.9. The molecule has 2 aliphatic carbocycles. The maximum Gasteiger partial charge on any atom is 0.322 e. The van der Waals surface area contributed by atoms with Gasteiger partial charge in [-0.15, -0.1) is 0 Å². The number of hydrogen-bond donors (Lipinski definition) is 3. The highest BCUT2D eigenvalue weighted by Crippen LogP contribution is 2.57. The first-order chi connectivity index (χ1) is 27.2. The topological polar surface area (TPSA) is 167 Å². The zero-order valence-electron chi connectivity index (χ0n) is 32.4. The fraction of sp³-hybridized carbons (Fsp3) is 0.500. The summed E-state index contributed by atoms with van der Waals surface area (Å²) in [6, 6.07) is 14.7. The summed E-state index contributed by atoms with van der Waals surface area (Å²) < 4.78 is 33.3. The van der Waals surface area contributed by atoms with Gasteiger partial charge in [-0.3, -0.25) is 24.0 Å². The minimum Gasteiger partial charge on any atom is -0.483 e. The van der Waals surface area contributed by atoms with Crippen molar-refractivity contribution < 1.29 is 32.3 Å². The minimum atomic E-state index is -3.91. The van der Waals surface area contributed by atoms with Crippen LogP contribution in [0.2, 0.25) is 0 Å². The van der Waals surface area contributed by atoms with Crippen molar-refractivity contribution in [3.8, 4) is 5.75 Å². The van der Waals surface area contributed by atoms with Crippen LogP contribution in [0.5, 0.6) is 5.75 Å². The van der Waals surface area contributed by atoms with Crippen molar-refractivity contribution in [3.05, 3.63) is 78.0 Å². The molecule has 3 fully saturated rings. The average molecular weight is 909 g/mol. The normalized spacial score (nSPS) is 30.0. The van der Waals surface area contributed by atoms with Crippen LogP contribution >= 0.6 is 22.6 Å². The van der Waals surface area contributed by atoms with Crippen LogP contribution in [-0.4, -0.2) is 81.6 Å². The van der Waals surface area contributed by atoms with Gasteiger partial charge < -0.3 is 20.3 Å². The molecule has 3 aliphatic heterocycles. The number of alkyl halides is 1. The predicted octanol–water partition coefficient (Wildman–Crippen LogP) is 5.43. The number of pyridine rings is 1. The Morgan fingerprint density at radius 2 is 1.77 bits per heavy atom. The molecular weight excluding hydrogens is 859 g/mol. The Morgan fingerprint density at radius 1 is 1.04 bits per heavy atom. The van der Waals surface area contributed by atoms with E-state index in [-0.39, 0.29) is 18.9 Å². The Morgan fingerprint density at radius 3 is 2.53 bits per heavy atom. The number of rotatable bonds is 5. The molecule has 4 heterocycles. The molecule has 1 spiro atoms. The van der Waals surface area contributed by atoms with Crippen LogP contribution in [-0.2, 0) is 30.8 Å². The molecular formula is C42H49IN6O7S. The number of fused-ring (bicyclic) bond motifs is 5. The van der Waals surface area contributed by atoms with Gasteiger partial charge >= 0.3 is 6.03 Å². The largest absolute Gasteiger partial charge is 0.483 e. The van der Waals surface area contributed by atoms with Crippen molar-refractivity contribution in [1.82, 2.24) is 25.2 Å². The third kappa shape index (κ3) is 7.38. The van der Waals surface area contributed by atoms with E-state index in [9.17, 15) is 27.6 Å². The molecule has 6 atom stereocenters. The molecule has 1 unspecified atom stereocenters. The fourth-order valence-electron chi connectivity index (χ4n) is 8.76. The van der Waals surface area contributed by atoms with Crippen molar-refractivity contribution in [2.45, 2.75) is 104 Å². The molecule has 5 amide bonds. The van der Waals surface area contributed by atoms with Gasteiger partial charge in [0.15, 0.2) is 0 Å². The summed E-state index contributed by atoms with van der Waals surface area (Å²) in [6.45, 7) is 3.63. The van der Waals surface area contributed by atoms with Gasteiger partial charge in [0.1, 0.15) is 27.0 Å². The van der Waals surface area contributed by atoms with Crippen LogP contribution < -0.4 is 25.0 Å². The molecule has 15 heteroatoms. The van der Waals surface area contributed by atoms with Gasteiger partial charge in [0.05, 0.1) is 28.4 Å². The first kappa shape index (κ1) is 39.6. The Kier molecular flexibility index (Phi) is 10.3. The molecule has 2 aromatic carbocycles. The van der Waals surface area contributed by atoms with Crippen LogP contribution in [0.3, 0.4) is 0 Å². The van der Waals surface area contributed by atoms with Gasteiger partial charge in [-0.1, -0.05) is 84.0 Å². The highest BCUT2D eigenvalue weighted by Gasteiger charge is 2.68. The van der Waals surface area contributed by atoms with Crippen molar-refractivity contribution in [3.63, 3.8) is 0 Å². The van der Waals surface area contributed by atoms with Crippen LogP contribution in [0, 0.1) is 18.8 Å². The molecule has 3 N–H and O–H groups in total. The predicted molar refractivity (Wildman–Crippen MR) is 224 cm³/mol. The number of para-hydroxylation sites is 2. The molecule has 57 heavy (non-hydrogen) atoms. The monoisotopic (exact) mass is 908 g/mol. The number of aromatic nitrogens is 1. The van der Waals surface area contributed by atoms with Crippen molar-refractivity contribution in [2.24, 2.45) is 11.8 Å². The summed E-state index contributed by atoms with van der Waals surface area (Å²) >= 11 is 2.07. The summed E-state index contributed by atoms with van der Waals surface area (Å²) in [7, 11) is -2.26. The maximum absolute atomic E-state index is 14.9. The number of allylic oxidation sites excluding steroid dienone is 1. The lowest BCUT2D eigenvalue weighted by Gasteiger charge is -2.36. The molecule has 3 aromatic rings. The van der Waals surface area contributed by atoms with E-state index in [1.807, 2.05) is 73.7 Å². The number of carbonyl (C=O) groups is 4. The Labute approximate surface area is 346 Å². The second-order valence-electron chi connectivity index (χ2n) is 16.6. The number of nitrogens with zero attached hydrogens (tertiary/aromatic N) is 3. The summed E-state index contributed by atoms with van der Waals surface area (Å²) in [5, 5.41) is 7.12. The van der Waals surface area contributed by atoms with E-state index in [0.29, 0.717) is 56.4 Å². The molecule has 8 rings (SSSR count). The molecule has 5 aliphatic rings. The van der Waals surface area contributed by atoms with Crippen molar-refractivity contribution >= 4 is 73.0 Å². The number of benzene rings is 2. The second-order valence-corrected chi connectivity index (χ2v) is 20.6.